The Labute approximate surface area is 344 Å². The van der Waals surface area contributed by atoms with Crippen LogP contribution in [0.5, 0.6) is 0 Å². The Morgan fingerprint density at radius 3 is 1.60 bits per heavy atom. The van der Waals surface area contributed by atoms with E-state index in [4.69, 9.17) is 24.7 Å². The molecule has 6 heterocycles. The number of ether oxygens (including phenoxy) is 4. The summed E-state index contributed by atoms with van der Waals surface area (Å²) >= 11 is 0. The summed E-state index contributed by atoms with van der Waals surface area (Å²) in [5.41, 5.74) is 9.97. The Balaban J connectivity index is 0.000000181. The Morgan fingerprint density at radius 1 is 0.683 bits per heavy atom. The summed E-state index contributed by atoms with van der Waals surface area (Å²) in [6.45, 7) is 1.69. The van der Waals surface area contributed by atoms with Crippen LogP contribution in [0.4, 0.5) is 11.6 Å². The average molecular weight is 825 g/mol. The highest BCUT2D eigenvalue weighted by atomic mass is 16.6. The Bertz CT molecular complexity index is 2360. The van der Waals surface area contributed by atoms with E-state index in [0.717, 1.165) is 12.8 Å². The maximum absolute atomic E-state index is 10.5. The molecule has 2 fully saturated rings. The molecule has 0 spiro atoms. The molecule has 6 aromatic rings. The number of aromatic nitrogens is 8. The lowest BCUT2D eigenvalue weighted by Gasteiger charge is -2.17. The first kappa shape index (κ1) is 42.4. The summed E-state index contributed by atoms with van der Waals surface area (Å²) < 4.78 is 24.8. The van der Waals surface area contributed by atoms with Gasteiger partial charge in [0.1, 0.15) is 48.5 Å². The van der Waals surface area contributed by atoms with Crippen molar-refractivity contribution in [3.05, 3.63) is 96.1 Å². The van der Waals surface area contributed by atoms with Crippen LogP contribution >= 0.6 is 0 Å². The molecule has 2 aromatic carbocycles. The predicted molar refractivity (Wildman–Crippen MR) is 216 cm³/mol. The molecule has 0 saturated carbocycles. The van der Waals surface area contributed by atoms with E-state index in [1.54, 1.807) is 4.57 Å². The fraction of sp³-hybridized carbons (Fsp3) is 0.425. The second kappa shape index (κ2) is 19.6. The predicted octanol–water partition coefficient (Wildman–Crippen LogP) is 0.823. The van der Waals surface area contributed by atoms with E-state index in [0.29, 0.717) is 52.9 Å². The summed E-state index contributed by atoms with van der Waals surface area (Å²) in [6.07, 6.45) is -3.06. The second-order valence-corrected chi connectivity index (χ2v) is 14.2. The third-order valence-corrected chi connectivity index (χ3v) is 10.2. The summed E-state index contributed by atoms with van der Waals surface area (Å²) in [7, 11) is 3.00. The number of benzene rings is 2. The van der Waals surface area contributed by atoms with Gasteiger partial charge in [-0.25, -0.2) is 19.9 Å². The number of anilines is 2. The third kappa shape index (κ3) is 9.19. The molecule has 0 radical (unpaired) electrons. The molecular weight excluding hydrogens is 777 g/mol. The molecule has 4 aromatic heterocycles. The maximum atomic E-state index is 10.5. The van der Waals surface area contributed by atoms with Crippen LogP contribution in [0, 0.1) is 11.3 Å². The molecule has 20 nitrogen and oxygen atoms in total. The molecule has 2 aliphatic heterocycles. The minimum atomic E-state index is -1.20. The number of nitrogens with zero attached hydrogens (tertiary/aromatic N) is 9. The van der Waals surface area contributed by atoms with Crippen LogP contribution in [-0.2, 0) is 38.3 Å². The van der Waals surface area contributed by atoms with E-state index >= 15 is 0 Å². The summed E-state index contributed by atoms with van der Waals surface area (Å²) in [5, 5.41) is 57.3. The van der Waals surface area contributed by atoms with E-state index in [1.807, 2.05) is 54.6 Å². The van der Waals surface area contributed by atoms with Gasteiger partial charge in [-0.1, -0.05) is 60.7 Å². The second-order valence-electron chi connectivity index (χ2n) is 14.2. The normalized spacial score (nSPS) is 23.7. The van der Waals surface area contributed by atoms with Crippen molar-refractivity contribution in [3.63, 3.8) is 0 Å². The fourth-order valence-corrected chi connectivity index (χ4v) is 7.10. The molecule has 8 rings (SSSR count). The van der Waals surface area contributed by atoms with Gasteiger partial charge in [0, 0.05) is 27.3 Å². The standard InChI is InChI=1S/C20H26N6O4.C20H22N6O4/c2*1-29-10-13-16(27)17(28)20(30-13)26-11-23-15-18(24-14(9-21)25-19(15)26)22-8-7-12-5-3-2-4-6-12/h2-6,11,13,16-17,20,27-28H,7-10,21H2,1H3,(H,22,24,25);2-6,11,13,16-17,20,27-28H,7-8,10H2,1H3,(H,22,24,25)/t2*13-,16-,17-,20-/m11/s1. The van der Waals surface area contributed by atoms with Crippen molar-refractivity contribution in [2.24, 2.45) is 5.73 Å². The zero-order chi connectivity index (χ0) is 42.2. The van der Waals surface area contributed by atoms with Gasteiger partial charge < -0.3 is 55.7 Å². The first-order chi connectivity index (χ1) is 29.2. The van der Waals surface area contributed by atoms with Crippen molar-refractivity contribution in [1.82, 2.24) is 39.0 Å². The van der Waals surface area contributed by atoms with Crippen molar-refractivity contribution in [2.45, 2.75) is 68.5 Å². The number of aliphatic hydroxyl groups is 4. The lowest BCUT2D eigenvalue weighted by molar-refractivity contribution is -0.0580. The summed E-state index contributed by atoms with van der Waals surface area (Å²) in [4.78, 5) is 26.2. The van der Waals surface area contributed by atoms with Crippen LogP contribution in [-0.4, -0.2) is 137 Å². The number of fused-ring (bicyclic) bond motifs is 2. The SMILES string of the molecule is COC[C@H]1O[C@@H](n2cnc3c(NCCc4ccccc4)nc(C#N)nc32)[C@H](O)[C@@H]1O.COC[C@H]1O[C@@H](n2cnc3c(NCCc4ccccc4)nc(CN)nc32)[C@H](O)[C@@H]1O. The van der Waals surface area contributed by atoms with Crippen LogP contribution in [0.1, 0.15) is 35.2 Å². The Morgan fingerprint density at radius 2 is 1.15 bits per heavy atom. The molecule has 8 atom stereocenters. The molecular formula is C40H48N12O8. The van der Waals surface area contributed by atoms with E-state index in [-0.39, 0.29) is 25.6 Å². The van der Waals surface area contributed by atoms with Crippen molar-refractivity contribution in [1.29, 1.82) is 5.26 Å². The topological polar surface area (TPSA) is 279 Å². The molecule has 2 saturated heterocycles. The van der Waals surface area contributed by atoms with E-state index < -0.39 is 49.1 Å². The van der Waals surface area contributed by atoms with Gasteiger partial charge >= 0.3 is 0 Å². The Kier molecular flexibility index (Phi) is 13.8. The molecule has 0 amide bonds. The van der Waals surface area contributed by atoms with Crippen LogP contribution < -0.4 is 16.4 Å². The smallest absolute Gasteiger partial charge is 0.236 e. The van der Waals surface area contributed by atoms with E-state index in [1.165, 1.54) is 42.6 Å². The maximum Gasteiger partial charge on any atom is 0.236 e. The molecule has 60 heavy (non-hydrogen) atoms. The third-order valence-electron chi connectivity index (χ3n) is 10.2. The number of imidazole rings is 2. The highest BCUT2D eigenvalue weighted by molar-refractivity contribution is 5.84. The van der Waals surface area contributed by atoms with Gasteiger partial charge in [0.2, 0.25) is 5.82 Å². The summed E-state index contributed by atoms with van der Waals surface area (Å²) in [5.74, 6) is 1.39. The van der Waals surface area contributed by atoms with Gasteiger partial charge in [-0.15, -0.1) is 0 Å². The molecule has 316 valence electrons. The highest BCUT2D eigenvalue weighted by Gasteiger charge is 2.45. The van der Waals surface area contributed by atoms with Crippen molar-refractivity contribution in [2.75, 3.05) is 51.2 Å². The molecule has 20 heteroatoms. The minimum Gasteiger partial charge on any atom is -0.387 e. The zero-order valence-electron chi connectivity index (χ0n) is 33.0. The number of nitrogens with two attached hydrogens (primary N) is 1. The van der Waals surface area contributed by atoms with Crippen LogP contribution in [0.25, 0.3) is 22.3 Å². The summed E-state index contributed by atoms with van der Waals surface area (Å²) in [6, 6.07) is 22.1. The molecule has 2 aliphatic rings. The van der Waals surface area contributed by atoms with Gasteiger partial charge in [-0.05, 0) is 24.0 Å². The van der Waals surface area contributed by atoms with E-state index in [9.17, 15) is 25.7 Å². The van der Waals surface area contributed by atoms with Crippen molar-refractivity contribution < 1.29 is 39.4 Å². The van der Waals surface area contributed by atoms with Gasteiger partial charge in [0.05, 0.1) is 32.4 Å². The number of aliphatic hydroxyl groups excluding tert-OH is 4. The molecule has 0 unspecified atom stereocenters. The Hall–Kier alpha value is -5.73. The lowest BCUT2D eigenvalue weighted by atomic mass is 10.1. The quantitative estimate of drug-likeness (QED) is 0.0755. The minimum absolute atomic E-state index is 0.0343. The first-order valence-electron chi connectivity index (χ1n) is 19.4. The highest BCUT2D eigenvalue weighted by Crippen LogP contribution is 2.34. The molecule has 0 aliphatic carbocycles. The number of hydrogen-bond donors (Lipinski definition) is 7. The number of hydrogen-bond acceptors (Lipinski definition) is 18. The van der Waals surface area contributed by atoms with Gasteiger partial charge in [-0.3, -0.25) is 9.13 Å². The van der Waals surface area contributed by atoms with Crippen LogP contribution in [0.3, 0.4) is 0 Å². The van der Waals surface area contributed by atoms with Gasteiger partial charge in [-0.2, -0.15) is 15.2 Å². The molecule has 0 bridgehead atoms. The monoisotopic (exact) mass is 824 g/mol. The van der Waals surface area contributed by atoms with Crippen LogP contribution in [0.15, 0.2) is 73.3 Å². The van der Waals surface area contributed by atoms with E-state index in [2.05, 4.69) is 52.7 Å². The number of nitrogens with one attached hydrogen (secondary N) is 2. The number of nitriles is 1. The fourth-order valence-electron chi connectivity index (χ4n) is 7.10. The van der Waals surface area contributed by atoms with Crippen molar-refractivity contribution >= 4 is 34.0 Å². The van der Waals surface area contributed by atoms with Crippen molar-refractivity contribution in [3.8, 4) is 6.07 Å². The first-order valence-corrected chi connectivity index (χ1v) is 19.4. The van der Waals surface area contributed by atoms with Gasteiger partial charge in [0.15, 0.2) is 46.4 Å². The number of rotatable bonds is 15. The number of methoxy groups -OCH3 is 2. The average Bonchev–Trinajstić information content (AvgIpc) is 4.03. The molecule has 8 N–H and O–H groups in total. The zero-order valence-corrected chi connectivity index (χ0v) is 33.0. The largest absolute Gasteiger partial charge is 0.387 e. The van der Waals surface area contributed by atoms with Crippen LogP contribution in [0.2, 0.25) is 0 Å². The lowest BCUT2D eigenvalue weighted by Crippen LogP contribution is -2.33. The van der Waals surface area contributed by atoms with Gasteiger partial charge in [0.25, 0.3) is 0 Å².